The van der Waals surface area contributed by atoms with Crippen molar-refractivity contribution in [2.75, 3.05) is 6.67 Å². The second-order valence-electron chi connectivity index (χ2n) is 12.1. The Morgan fingerprint density at radius 2 is 1.59 bits per heavy atom. The molecule has 0 spiro atoms. The zero-order valence-corrected chi connectivity index (χ0v) is 25.2. The molecule has 0 bridgehead atoms. The SMILES string of the molecule is CC(C)C[C@@H](C(=O)OCc1ccccc1)N1CN(C(=O)OC(C)(C)C)[C@@H](Cc2ccccc2)[C@H]1CC=N[C@@H](C)C=O. The predicted molar refractivity (Wildman–Crippen MR) is 161 cm³/mol. The lowest BCUT2D eigenvalue weighted by Crippen LogP contribution is -2.48. The molecule has 1 heterocycles. The Hall–Kier alpha value is -3.52. The molecule has 3 rings (SSSR count). The monoisotopic (exact) mass is 563 g/mol. The van der Waals surface area contributed by atoms with Gasteiger partial charge in [-0.15, -0.1) is 0 Å². The number of aliphatic imine (C=N–C) groups is 1. The third-order valence-electron chi connectivity index (χ3n) is 6.98. The first-order valence-electron chi connectivity index (χ1n) is 14.4. The van der Waals surface area contributed by atoms with Crippen molar-refractivity contribution >= 4 is 24.6 Å². The standard InChI is InChI=1S/C33H45N3O5/c1-24(2)19-30(31(38)40-22-27-15-11-8-12-16-27)35-23-36(32(39)41-33(4,5)6)29(20-26-13-9-7-10-14-26)28(35)17-18-34-25(3)21-37/h7-16,18,21,24-25,28-30H,17,19-20,22-23H2,1-6H3/t25-,28+,29-,30-/m0/s1. The van der Waals surface area contributed by atoms with Crippen LogP contribution in [0.4, 0.5) is 4.79 Å². The van der Waals surface area contributed by atoms with Gasteiger partial charge in [0.1, 0.15) is 30.6 Å². The normalized spacial score (nSPS) is 19.3. The molecule has 1 amide bonds. The van der Waals surface area contributed by atoms with Crippen LogP contribution in [0.15, 0.2) is 65.7 Å². The van der Waals surface area contributed by atoms with Crippen LogP contribution in [0.3, 0.4) is 0 Å². The number of rotatable bonds is 12. The predicted octanol–water partition coefficient (Wildman–Crippen LogP) is 5.68. The van der Waals surface area contributed by atoms with E-state index >= 15 is 0 Å². The molecule has 0 saturated carbocycles. The fourth-order valence-electron chi connectivity index (χ4n) is 5.06. The van der Waals surface area contributed by atoms with Gasteiger partial charge < -0.3 is 14.3 Å². The minimum Gasteiger partial charge on any atom is -0.460 e. The number of carbonyl (C=O) groups is 3. The van der Waals surface area contributed by atoms with Gasteiger partial charge >= 0.3 is 12.1 Å². The number of nitrogens with zero attached hydrogens (tertiary/aromatic N) is 3. The van der Waals surface area contributed by atoms with Crippen molar-refractivity contribution < 1.29 is 23.9 Å². The van der Waals surface area contributed by atoms with Gasteiger partial charge in [-0.2, -0.15) is 0 Å². The summed E-state index contributed by atoms with van der Waals surface area (Å²) in [6.07, 6.45) is 3.70. The van der Waals surface area contributed by atoms with Crippen LogP contribution in [0.2, 0.25) is 0 Å². The van der Waals surface area contributed by atoms with Gasteiger partial charge in [0.2, 0.25) is 0 Å². The summed E-state index contributed by atoms with van der Waals surface area (Å²) in [7, 11) is 0. The van der Waals surface area contributed by atoms with Gasteiger partial charge in [-0.05, 0) is 64.0 Å². The summed E-state index contributed by atoms with van der Waals surface area (Å²) in [5.41, 5.74) is 1.31. The van der Waals surface area contributed by atoms with Crippen LogP contribution in [-0.2, 0) is 32.1 Å². The summed E-state index contributed by atoms with van der Waals surface area (Å²) >= 11 is 0. The van der Waals surface area contributed by atoms with Crippen LogP contribution in [0.5, 0.6) is 0 Å². The molecule has 41 heavy (non-hydrogen) atoms. The number of hydrogen-bond donors (Lipinski definition) is 0. The third-order valence-corrected chi connectivity index (χ3v) is 6.98. The molecule has 1 aliphatic rings. The van der Waals surface area contributed by atoms with Crippen molar-refractivity contribution in [3.8, 4) is 0 Å². The van der Waals surface area contributed by atoms with E-state index in [1.165, 1.54) is 0 Å². The molecule has 1 saturated heterocycles. The fourth-order valence-corrected chi connectivity index (χ4v) is 5.06. The molecule has 8 heteroatoms. The molecule has 8 nitrogen and oxygen atoms in total. The molecule has 1 aliphatic heterocycles. The van der Waals surface area contributed by atoms with Crippen LogP contribution in [-0.4, -0.2) is 70.8 Å². The zero-order chi connectivity index (χ0) is 30.0. The smallest absolute Gasteiger partial charge is 0.411 e. The number of aldehydes is 1. The van der Waals surface area contributed by atoms with Crippen LogP contribution in [0, 0.1) is 5.92 Å². The Kier molecular flexibility index (Phi) is 11.6. The second-order valence-corrected chi connectivity index (χ2v) is 12.1. The van der Waals surface area contributed by atoms with Crippen LogP contribution >= 0.6 is 0 Å². The van der Waals surface area contributed by atoms with Crippen molar-refractivity contribution in [2.24, 2.45) is 10.9 Å². The van der Waals surface area contributed by atoms with E-state index in [1.54, 1.807) is 18.0 Å². The molecule has 1 fully saturated rings. The van der Waals surface area contributed by atoms with Crippen molar-refractivity contribution in [3.63, 3.8) is 0 Å². The Morgan fingerprint density at radius 1 is 0.976 bits per heavy atom. The maximum Gasteiger partial charge on any atom is 0.411 e. The van der Waals surface area contributed by atoms with Gasteiger partial charge in [-0.25, -0.2) is 4.79 Å². The maximum absolute atomic E-state index is 13.7. The average Bonchev–Trinajstić information content (AvgIpc) is 3.28. The highest BCUT2D eigenvalue weighted by molar-refractivity contribution is 5.77. The minimum atomic E-state index is -0.676. The minimum absolute atomic E-state index is 0.175. The molecule has 222 valence electrons. The fraction of sp³-hybridized carbons (Fsp3) is 0.515. The molecule has 2 aromatic rings. The first kappa shape index (κ1) is 32.0. The molecule has 4 atom stereocenters. The number of hydrogen-bond acceptors (Lipinski definition) is 7. The van der Waals surface area contributed by atoms with Crippen molar-refractivity contribution in [1.29, 1.82) is 0 Å². The number of benzene rings is 2. The average molecular weight is 564 g/mol. The van der Waals surface area contributed by atoms with Gasteiger partial charge in [0.25, 0.3) is 0 Å². The summed E-state index contributed by atoms with van der Waals surface area (Å²) < 4.78 is 11.7. The quantitative estimate of drug-likeness (QED) is 0.188. The van der Waals surface area contributed by atoms with Crippen LogP contribution in [0.25, 0.3) is 0 Å². The summed E-state index contributed by atoms with van der Waals surface area (Å²) in [6, 6.07) is 18.0. The van der Waals surface area contributed by atoms with E-state index in [9.17, 15) is 14.4 Å². The van der Waals surface area contributed by atoms with E-state index in [0.29, 0.717) is 19.3 Å². The molecular formula is C33H45N3O5. The largest absolute Gasteiger partial charge is 0.460 e. The highest BCUT2D eigenvalue weighted by Gasteiger charge is 2.48. The highest BCUT2D eigenvalue weighted by atomic mass is 16.6. The first-order chi connectivity index (χ1) is 19.5. The van der Waals surface area contributed by atoms with E-state index < -0.39 is 23.8 Å². The Balaban J connectivity index is 1.99. The van der Waals surface area contributed by atoms with Crippen LogP contribution in [0.1, 0.15) is 65.5 Å². The Morgan fingerprint density at radius 3 is 2.15 bits per heavy atom. The summed E-state index contributed by atoms with van der Waals surface area (Å²) in [5.74, 6) is -0.118. The topological polar surface area (TPSA) is 88.5 Å². The molecule has 0 aromatic heterocycles. The lowest BCUT2D eigenvalue weighted by Gasteiger charge is -2.32. The molecule has 0 unspecified atom stereocenters. The van der Waals surface area contributed by atoms with E-state index in [0.717, 1.165) is 17.4 Å². The molecule has 2 aromatic carbocycles. The van der Waals surface area contributed by atoms with E-state index in [4.69, 9.17) is 9.47 Å². The number of amides is 1. The lowest BCUT2D eigenvalue weighted by molar-refractivity contribution is -0.152. The zero-order valence-electron chi connectivity index (χ0n) is 25.2. The van der Waals surface area contributed by atoms with E-state index in [-0.39, 0.29) is 37.2 Å². The third kappa shape index (κ3) is 9.81. The Bertz CT molecular complexity index is 1150. The highest BCUT2D eigenvalue weighted by Crippen LogP contribution is 2.32. The summed E-state index contributed by atoms with van der Waals surface area (Å²) in [5, 5.41) is 0. The van der Waals surface area contributed by atoms with E-state index in [1.807, 2.05) is 81.4 Å². The van der Waals surface area contributed by atoms with Crippen molar-refractivity contribution in [3.05, 3.63) is 71.8 Å². The molecule has 0 radical (unpaired) electrons. The van der Waals surface area contributed by atoms with Gasteiger partial charge in [0, 0.05) is 12.3 Å². The van der Waals surface area contributed by atoms with Gasteiger partial charge in [0.15, 0.2) is 0 Å². The molecule has 0 N–H and O–H groups in total. The summed E-state index contributed by atoms with van der Waals surface area (Å²) in [4.78, 5) is 46.7. The van der Waals surface area contributed by atoms with E-state index in [2.05, 4.69) is 23.7 Å². The van der Waals surface area contributed by atoms with Crippen LogP contribution < -0.4 is 0 Å². The van der Waals surface area contributed by atoms with Gasteiger partial charge in [0.05, 0.1) is 12.7 Å². The summed E-state index contributed by atoms with van der Waals surface area (Å²) in [6.45, 7) is 11.8. The molecular weight excluding hydrogens is 518 g/mol. The first-order valence-corrected chi connectivity index (χ1v) is 14.4. The lowest BCUT2D eigenvalue weighted by atomic mass is 9.94. The number of carbonyl (C=O) groups excluding carboxylic acids is 3. The maximum atomic E-state index is 13.7. The van der Waals surface area contributed by atoms with Gasteiger partial charge in [-0.1, -0.05) is 74.5 Å². The molecule has 0 aliphatic carbocycles. The van der Waals surface area contributed by atoms with Crippen molar-refractivity contribution in [2.45, 2.75) is 97.2 Å². The number of esters is 1. The van der Waals surface area contributed by atoms with Crippen molar-refractivity contribution in [1.82, 2.24) is 9.80 Å². The number of ether oxygens (including phenoxy) is 2. The van der Waals surface area contributed by atoms with Gasteiger partial charge in [-0.3, -0.25) is 19.6 Å². The Labute approximate surface area is 244 Å². The second kappa shape index (κ2) is 14.9.